The van der Waals surface area contributed by atoms with Crippen molar-refractivity contribution in [3.05, 3.63) is 59.7 Å². The fourth-order valence-corrected chi connectivity index (χ4v) is 2.63. The SMILES string of the molecule is COc1cc(CCNC(=O)N(C)C(C)c2ccccc2)ccc1OC(F)F. The lowest BCUT2D eigenvalue weighted by Crippen LogP contribution is -2.39. The first-order valence-corrected chi connectivity index (χ1v) is 8.59. The van der Waals surface area contributed by atoms with Crippen molar-refractivity contribution in [2.75, 3.05) is 20.7 Å². The smallest absolute Gasteiger partial charge is 0.387 e. The second-order valence-electron chi connectivity index (χ2n) is 6.04. The van der Waals surface area contributed by atoms with Gasteiger partial charge in [-0.2, -0.15) is 8.78 Å². The molecule has 7 heteroatoms. The van der Waals surface area contributed by atoms with E-state index in [1.54, 1.807) is 24.1 Å². The zero-order chi connectivity index (χ0) is 19.8. The second-order valence-corrected chi connectivity index (χ2v) is 6.04. The largest absolute Gasteiger partial charge is 0.493 e. The molecule has 146 valence electrons. The molecule has 0 aliphatic rings. The number of benzene rings is 2. The van der Waals surface area contributed by atoms with Crippen LogP contribution in [0.15, 0.2) is 48.5 Å². The maximum Gasteiger partial charge on any atom is 0.387 e. The topological polar surface area (TPSA) is 50.8 Å². The van der Waals surface area contributed by atoms with E-state index in [1.807, 2.05) is 37.3 Å². The summed E-state index contributed by atoms with van der Waals surface area (Å²) >= 11 is 0. The van der Waals surface area contributed by atoms with Crippen molar-refractivity contribution in [2.45, 2.75) is 26.0 Å². The molecule has 0 bridgehead atoms. The Morgan fingerprint density at radius 1 is 1.15 bits per heavy atom. The van der Waals surface area contributed by atoms with Crippen LogP contribution < -0.4 is 14.8 Å². The van der Waals surface area contributed by atoms with Gasteiger partial charge >= 0.3 is 12.6 Å². The molecular weight excluding hydrogens is 354 g/mol. The van der Waals surface area contributed by atoms with E-state index in [0.717, 1.165) is 11.1 Å². The van der Waals surface area contributed by atoms with E-state index >= 15 is 0 Å². The third kappa shape index (κ3) is 5.84. The third-order valence-electron chi connectivity index (χ3n) is 4.32. The van der Waals surface area contributed by atoms with Gasteiger partial charge in [0.15, 0.2) is 11.5 Å². The Kier molecular flexibility index (Phi) is 7.40. The summed E-state index contributed by atoms with van der Waals surface area (Å²) in [4.78, 5) is 14.0. The van der Waals surface area contributed by atoms with Gasteiger partial charge in [0.2, 0.25) is 0 Å². The van der Waals surface area contributed by atoms with Gasteiger partial charge in [0.05, 0.1) is 13.2 Å². The first-order valence-electron chi connectivity index (χ1n) is 8.59. The van der Waals surface area contributed by atoms with Crippen LogP contribution in [0.3, 0.4) is 0 Å². The van der Waals surface area contributed by atoms with E-state index in [-0.39, 0.29) is 23.6 Å². The molecule has 1 unspecified atom stereocenters. The summed E-state index contributed by atoms with van der Waals surface area (Å²) in [5.74, 6) is 0.214. The summed E-state index contributed by atoms with van der Waals surface area (Å²) in [6.07, 6.45) is 0.532. The fraction of sp³-hybridized carbons (Fsp3) is 0.350. The number of hydrogen-bond donors (Lipinski definition) is 1. The number of methoxy groups -OCH3 is 1. The number of urea groups is 1. The summed E-state index contributed by atoms with van der Waals surface area (Å²) in [5, 5.41) is 2.86. The molecule has 0 fully saturated rings. The van der Waals surface area contributed by atoms with Crippen LogP contribution in [-0.2, 0) is 6.42 Å². The molecule has 0 aliphatic heterocycles. The molecule has 0 spiro atoms. The number of ether oxygens (including phenoxy) is 2. The average molecular weight is 378 g/mol. The molecule has 2 aromatic rings. The van der Waals surface area contributed by atoms with Crippen molar-refractivity contribution in [3.8, 4) is 11.5 Å². The molecule has 27 heavy (non-hydrogen) atoms. The molecule has 1 N–H and O–H groups in total. The fourth-order valence-electron chi connectivity index (χ4n) is 2.63. The number of alkyl halides is 2. The molecule has 0 aliphatic carbocycles. The molecule has 5 nitrogen and oxygen atoms in total. The van der Waals surface area contributed by atoms with Crippen molar-refractivity contribution in [1.82, 2.24) is 10.2 Å². The molecule has 1 atom stereocenters. The Bertz CT molecular complexity index is 741. The van der Waals surface area contributed by atoms with Crippen molar-refractivity contribution < 1.29 is 23.0 Å². The third-order valence-corrected chi connectivity index (χ3v) is 4.32. The molecular formula is C20H24F2N2O3. The Balaban J connectivity index is 1.89. The average Bonchev–Trinajstić information content (AvgIpc) is 2.68. The van der Waals surface area contributed by atoms with E-state index in [4.69, 9.17) is 4.74 Å². The van der Waals surface area contributed by atoms with Crippen LogP contribution >= 0.6 is 0 Å². The van der Waals surface area contributed by atoms with Gasteiger partial charge in [-0.05, 0) is 36.6 Å². The van der Waals surface area contributed by atoms with Gasteiger partial charge < -0.3 is 19.7 Å². The first kappa shape index (κ1) is 20.5. The lowest BCUT2D eigenvalue weighted by Gasteiger charge is -2.25. The summed E-state index contributed by atoms with van der Waals surface area (Å²) in [6, 6.07) is 14.2. The quantitative estimate of drug-likeness (QED) is 0.747. The minimum absolute atomic E-state index is 0.0169. The lowest BCUT2D eigenvalue weighted by molar-refractivity contribution is -0.0512. The van der Waals surface area contributed by atoms with Crippen LogP contribution in [0.25, 0.3) is 0 Å². The molecule has 2 rings (SSSR count). The predicted octanol–water partition coefficient (Wildman–Crippen LogP) is 4.24. The van der Waals surface area contributed by atoms with Crippen LogP contribution in [0.1, 0.15) is 24.1 Å². The minimum Gasteiger partial charge on any atom is -0.493 e. The van der Waals surface area contributed by atoms with Crippen molar-refractivity contribution in [3.63, 3.8) is 0 Å². The minimum atomic E-state index is -2.91. The van der Waals surface area contributed by atoms with Gasteiger partial charge in [0.1, 0.15) is 0 Å². The Hall–Kier alpha value is -2.83. The highest BCUT2D eigenvalue weighted by atomic mass is 19.3. The molecule has 0 saturated heterocycles. The highest BCUT2D eigenvalue weighted by molar-refractivity contribution is 5.74. The summed E-state index contributed by atoms with van der Waals surface area (Å²) in [5.41, 5.74) is 1.89. The predicted molar refractivity (Wildman–Crippen MR) is 99.3 cm³/mol. The number of hydrogen-bond acceptors (Lipinski definition) is 3. The summed E-state index contributed by atoms with van der Waals surface area (Å²) in [7, 11) is 3.13. The zero-order valence-corrected chi connectivity index (χ0v) is 15.6. The van der Waals surface area contributed by atoms with Crippen molar-refractivity contribution in [1.29, 1.82) is 0 Å². The van der Waals surface area contributed by atoms with E-state index in [9.17, 15) is 13.6 Å². The van der Waals surface area contributed by atoms with E-state index in [2.05, 4.69) is 10.1 Å². The highest BCUT2D eigenvalue weighted by Gasteiger charge is 2.17. The van der Waals surface area contributed by atoms with Crippen molar-refractivity contribution >= 4 is 6.03 Å². The van der Waals surface area contributed by atoms with Gasteiger partial charge in [0.25, 0.3) is 0 Å². The number of amides is 2. The highest BCUT2D eigenvalue weighted by Crippen LogP contribution is 2.29. The van der Waals surface area contributed by atoms with E-state index < -0.39 is 6.61 Å². The Morgan fingerprint density at radius 2 is 1.85 bits per heavy atom. The number of carbonyl (C=O) groups excluding carboxylic acids is 1. The van der Waals surface area contributed by atoms with Crippen LogP contribution in [0.5, 0.6) is 11.5 Å². The zero-order valence-electron chi connectivity index (χ0n) is 15.6. The first-order chi connectivity index (χ1) is 12.9. The molecule has 0 aromatic heterocycles. The molecule has 2 aromatic carbocycles. The van der Waals surface area contributed by atoms with Gasteiger partial charge in [-0.3, -0.25) is 0 Å². The number of rotatable bonds is 8. The monoisotopic (exact) mass is 378 g/mol. The Morgan fingerprint density at radius 3 is 2.48 bits per heavy atom. The summed E-state index contributed by atoms with van der Waals surface area (Å²) in [6.45, 7) is -0.545. The van der Waals surface area contributed by atoms with Crippen LogP contribution in [-0.4, -0.2) is 38.2 Å². The van der Waals surface area contributed by atoms with Gasteiger partial charge in [-0.25, -0.2) is 4.79 Å². The number of nitrogens with zero attached hydrogens (tertiary/aromatic N) is 1. The van der Waals surface area contributed by atoms with Crippen LogP contribution in [0, 0.1) is 0 Å². The maximum atomic E-state index is 12.4. The van der Waals surface area contributed by atoms with E-state index in [0.29, 0.717) is 13.0 Å². The standard InChI is InChI=1S/C20H24F2N2O3/c1-14(16-7-5-4-6-8-16)24(2)20(25)23-12-11-15-9-10-17(27-19(21)22)18(13-15)26-3/h4-10,13-14,19H,11-12H2,1-3H3,(H,23,25). The molecule has 0 heterocycles. The van der Waals surface area contributed by atoms with Gasteiger partial charge in [-0.15, -0.1) is 0 Å². The van der Waals surface area contributed by atoms with Gasteiger partial charge in [0, 0.05) is 13.6 Å². The normalized spacial score (nSPS) is 11.8. The number of carbonyl (C=O) groups is 1. The second kappa shape index (κ2) is 9.75. The van der Waals surface area contributed by atoms with E-state index in [1.165, 1.54) is 13.2 Å². The van der Waals surface area contributed by atoms with Crippen molar-refractivity contribution in [2.24, 2.45) is 0 Å². The van der Waals surface area contributed by atoms with Gasteiger partial charge in [-0.1, -0.05) is 36.4 Å². The Labute approximate surface area is 157 Å². The maximum absolute atomic E-state index is 12.4. The lowest BCUT2D eigenvalue weighted by atomic mass is 10.1. The van der Waals surface area contributed by atoms with Crippen LogP contribution in [0.4, 0.5) is 13.6 Å². The van der Waals surface area contributed by atoms with Crippen LogP contribution in [0.2, 0.25) is 0 Å². The molecule has 2 amide bonds. The molecule has 0 saturated carbocycles. The molecule has 0 radical (unpaired) electrons. The number of halogens is 2. The number of nitrogens with one attached hydrogen (secondary N) is 1. The summed E-state index contributed by atoms with van der Waals surface area (Å²) < 4.78 is 34.2.